The lowest BCUT2D eigenvalue weighted by Crippen LogP contribution is -2.45. The molecule has 2 N–H and O–H groups in total. The maximum Gasteiger partial charge on any atom is 0.263 e. The van der Waals surface area contributed by atoms with E-state index in [1.165, 1.54) is 0 Å². The molecule has 1 aromatic rings. The van der Waals surface area contributed by atoms with Gasteiger partial charge >= 0.3 is 0 Å². The number of para-hydroxylation sites is 2. The summed E-state index contributed by atoms with van der Waals surface area (Å²) in [7, 11) is 3.99. The van der Waals surface area contributed by atoms with Gasteiger partial charge in [-0.2, -0.15) is 0 Å². The highest BCUT2D eigenvalue weighted by atomic mass is 16.5. The van der Waals surface area contributed by atoms with Crippen LogP contribution >= 0.6 is 0 Å². The second kappa shape index (κ2) is 7.85. The van der Waals surface area contributed by atoms with Crippen molar-refractivity contribution >= 4 is 11.6 Å². The summed E-state index contributed by atoms with van der Waals surface area (Å²) in [6.07, 6.45) is -0.498. The Hall–Kier alpha value is -1.79. The molecule has 1 heterocycles. The number of fused-ring (bicyclic) bond motifs is 1. The molecule has 0 fully saturated rings. The number of carbonyl (C=O) groups excluding carboxylic acids is 1. The minimum absolute atomic E-state index is 0.117. The summed E-state index contributed by atoms with van der Waals surface area (Å²) < 4.78 is 11.1. The molecule has 2 rings (SSSR count). The number of hydrogen-bond donors (Lipinski definition) is 2. The highest BCUT2D eigenvalue weighted by Gasteiger charge is 2.25. The van der Waals surface area contributed by atoms with Gasteiger partial charge in [0.1, 0.15) is 5.75 Å². The van der Waals surface area contributed by atoms with Crippen molar-refractivity contribution in [2.75, 3.05) is 52.3 Å². The predicted molar refractivity (Wildman–Crippen MR) is 81.7 cm³/mol. The van der Waals surface area contributed by atoms with Crippen molar-refractivity contribution in [3.8, 4) is 5.75 Å². The average molecular weight is 293 g/mol. The lowest BCUT2D eigenvalue weighted by atomic mass is 10.2. The topological polar surface area (TPSA) is 62.8 Å². The van der Waals surface area contributed by atoms with E-state index in [0.717, 1.165) is 12.2 Å². The van der Waals surface area contributed by atoms with Gasteiger partial charge in [-0.15, -0.1) is 0 Å². The molecular formula is C15H23N3O3. The van der Waals surface area contributed by atoms with Crippen molar-refractivity contribution in [3.05, 3.63) is 24.3 Å². The Morgan fingerprint density at radius 1 is 1.43 bits per heavy atom. The van der Waals surface area contributed by atoms with E-state index in [1.54, 1.807) is 0 Å². The van der Waals surface area contributed by atoms with Gasteiger partial charge in [0.2, 0.25) is 0 Å². The van der Waals surface area contributed by atoms with Crippen molar-refractivity contribution in [1.82, 2.24) is 10.2 Å². The van der Waals surface area contributed by atoms with Crippen LogP contribution in [0.2, 0.25) is 0 Å². The monoisotopic (exact) mass is 293 g/mol. The van der Waals surface area contributed by atoms with Gasteiger partial charge in [-0.25, -0.2) is 0 Å². The van der Waals surface area contributed by atoms with Crippen LogP contribution in [-0.4, -0.2) is 63.9 Å². The number of hydrogen-bond acceptors (Lipinski definition) is 5. The SMILES string of the molecule is CN(C)CCOCCNC(=O)C1CNc2ccccc2O1. The van der Waals surface area contributed by atoms with Crippen LogP contribution in [0.5, 0.6) is 5.75 Å². The van der Waals surface area contributed by atoms with Crippen LogP contribution in [0.3, 0.4) is 0 Å². The van der Waals surface area contributed by atoms with Gasteiger partial charge in [-0.05, 0) is 26.2 Å². The normalized spacial score (nSPS) is 16.8. The fourth-order valence-electron chi connectivity index (χ4n) is 1.97. The summed E-state index contributed by atoms with van der Waals surface area (Å²) >= 11 is 0. The maximum absolute atomic E-state index is 12.0. The van der Waals surface area contributed by atoms with E-state index >= 15 is 0 Å². The molecule has 116 valence electrons. The Labute approximate surface area is 125 Å². The first-order valence-electron chi connectivity index (χ1n) is 7.16. The molecular weight excluding hydrogens is 270 g/mol. The summed E-state index contributed by atoms with van der Waals surface area (Å²) in [5.74, 6) is 0.597. The van der Waals surface area contributed by atoms with Crippen LogP contribution in [0, 0.1) is 0 Å². The lowest BCUT2D eigenvalue weighted by molar-refractivity contribution is -0.127. The van der Waals surface area contributed by atoms with Gasteiger partial charge in [0.25, 0.3) is 5.91 Å². The third-order valence-electron chi connectivity index (χ3n) is 3.16. The van der Waals surface area contributed by atoms with E-state index in [-0.39, 0.29) is 5.91 Å². The Balaban J connectivity index is 1.66. The van der Waals surface area contributed by atoms with Gasteiger partial charge in [0.15, 0.2) is 6.10 Å². The fraction of sp³-hybridized carbons (Fsp3) is 0.533. The molecule has 0 saturated heterocycles. The van der Waals surface area contributed by atoms with Crippen LogP contribution in [-0.2, 0) is 9.53 Å². The van der Waals surface area contributed by atoms with Gasteiger partial charge < -0.3 is 25.0 Å². The number of ether oxygens (including phenoxy) is 2. The summed E-state index contributed by atoms with van der Waals surface area (Å²) in [6, 6.07) is 7.61. The van der Waals surface area contributed by atoms with E-state index in [0.29, 0.717) is 32.1 Å². The highest BCUT2D eigenvalue weighted by molar-refractivity contribution is 5.83. The second-order valence-corrected chi connectivity index (χ2v) is 5.19. The number of amides is 1. The summed E-state index contributed by atoms with van der Waals surface area (Å²) in [5.41, 5.74) is 0.925. The highest BCUT2D eigenvalue weighted by Crippen LogP contribution is 2.27. The first kappa shape index (κ1) is 15.6. The van der Waals surface area contributed by atoms with Crippen LogP contribution in [0.15, 0.2) is 24.3 Å². The first-order valence-corrected chi connectivity index (χ1v) is 7.16. The van der Waals surface area contributed by atoms with Crippen LogP contribution in [0.25, 0.3) is 0 Å². The fourth-order valence-corrected chi connectivity index (χ4v) is 1.97. The Kier molecular flexibility index (Phi) is 5.83. The molecule has 0 bridgehead atoms. The summed E-state index contributed by atoms with van der Waals surface area (Å²) in [4.78, 5) is 14.1. The number of carbonyl (C=O) groups is 1. The summed E-state index contributed by atoms with van der Waals surface area (Å²) in [5, 5.41) is 6.02. The lowest BCUT2D eigenvalue weighted by Gasteiger charge is -2.26. The van der Waals surface area contributed by atoms with Gasteiger partial charge in [-0.1, -0.05) is 12.1 Å². The molecule has 1 aromatic carbocycles. The first-order chi connectivity index (χ1) is 10.2. The number of nitrogens with zero attached hydrogens (tertiary/aromatic N) is 1. The summed E-state index contributed by atoms with van der Waals surface area (Å²) in [6.45, 7) is 3.02. The van der Waals surface area contributed by atoms with Crippen LogP contribution in [0.1, 0.15) is 0 Å². The minimum Gasteiger partial charge on any atom is -0.477 e. The van der Waals surface area contributed by atoms with E-state index in [1.807, 2.05) is 38.4 Å². The molecule has 1 unspecified atom stereocenters. The van der Waals surface area contributed by atoms with Gasteiger partial charge in [0, 0.05) is 13.1 Å². The third kappa shape index (κ3) is 4.91. The number of benzene rings is 1. The van der Waals surface area contributed by atoms with E-state index in [9.17, 15) is 4.79 Å². The standard InChI is InChI=1S/C15H23N3O3/c1-18(2)8-10-20-9-7-16-15(19)14-11-17-12-5-3-4-6-13(12)21-14/h3-6,14,17H,7-11H2,1-2H3,(H,16,19). The third-order valence-corrected chi connectivity index (χ3v) is 3.16. The maximum atomic E-state index is 12.0. The molecule has 6 nitrogen and oxygen atoms in total. The van der Waals surface area contributed by atoms with Crippen molar-refractivity contribution in [3.63, 3.8) is 0 Å². The Morgan fingerprint density at radius 3 is 3.05 bits per heavy atom. The second-order valence-electron chi connectivity index (χ2n) is 5.19. The molecule has 0 spiro atoms. The zero-order valence-corrected chi connectivity index (χ0v) is 12.6. The van der Waals surface area contributed by atoms with E-state index < -0.39 is 6.10 Å². The molecule has 21 heavy (non-hydrogen) atoms. The smallest absolute Gasteiger partial charge is 0.263 e. The molecule has 0 aromatic heterocycles. The van der Waals surface area contributed by atoms with Crippen molar-refractivity contribution in [1.29, 1.82) is 0 Å². The number of nitrogens with one attached hydrogen (secondary N) is 2. The van der Waals surface area contributed by atoms with Gasteiger partial charge in [-0.3, -0.25) is 4.79 Å². The minimum atomic E-state index is -0.498. The molecule has 6 heteroatoms. The van der Waals surface area contributed by atoms with Crippen LogP contribution in [0.4, 0.5) is 5.69 Å². The largest absolute Gasteiger partial charge is 0.477 e. The average Bonchev–Trinajstić information content (AvgIpc) is 2.49. The van der Waals surface area contributed by atoms with Crippen molar-refractivity contribution in [2.24, 2.45) is 0 Å². The Morgan fingerprint density at radius 2 is 2.24 bits per heavy atom. The predicted octanol–water partition coefficient (Wildman–Crippen LogP) is 0.554. The number of rotatable bonds is 7. The van der Waals surface area contributed by atoms with Crippen molar-refractivity contribution in [2.45, 2.75) is 6.10 Å². The van der Waals surface area contributed by atoms with Crippen molar-refractivity contribution < 1.29 is 14.3 Å². The molecule has 1 aliphatic rings. The van der Waals surface area contributed by atoms with E-state index in [2.05, 4.69) is 15.5 Å². The molecule has 1 amide bonds. The number of anilines is 1. The van der Waals surface area contributed by atoms with E-state index in [4.69, 9.17) is 9.47 Å². The molecule has 0 saturated carbocycles. The zero-order valence-electron chi connectivity index (χ0n) is 12.6. The molecule has 1 aliphatic heterocycles. The Bertz CT molecular complexity index is 465. The zero-order chi connectivity index (χ0) is 15.1. The molecule has 0 radical (unpaired) electrons. The quantitative estimate of drug-likeness (QED) is 0.719. The molecule has 0 aliphatic carbocycles. The molecule has 1 atom stereocenters. The van der Waals surface area contributed by atoms with Crippen LogP contribution < -0.4 is 15.4 Å². The number of likely N-dealkylation sites (N-methyl/N-ethyl adjacent to an activating group) is 1. The van der Waals surface area contributed by atoms with Gasteiger partial charge in [0.05, 0.1) is 25.4 Å².